The van der Waals surface area contributed by atoms with E-state index in [0.717, 1.165) is 22.0 Å². The third-order valence-electron chi connectivity index (χ3n) is 3.93. The van der Waals surface area contributed by atoms with E-state index in [-0.39, 0.29) is 17.8 Å². The number of carbonyl (C=O) groups excluding carboxylic acids is 1. The molecule has 0 amide bonds. The van der Waals surface area contributed by atoms with Gasteiger partial charge < -0.3 is 10.1 Å². The smallest absolute Gasteiger partial charge is 0.337 e. The highest BCUT2D eigenvalue weighted by Crippen LogP contribution is 2.40. The number of nitrogens with zero attached hydrogens (tertiary/aromatic N) is 1. The molecular formula is C20H20N2O2S. The molecule has 2 aromatic carbocycles. The van der Waals surface area contributed by atoms with E-state index in [0.29, 0.717) is 5.57 Å². The number of hydrogen-bond donors (Lipinski definition) is 1. The Morgan fingerprint density at radius 3 is 2.40 bits per heavy atom. The molecule has 2 aromatic rings. The Hall–Kier alpha value is -2.53. The van der Waals surface area contributed by atoms with Crippen LogP contribution >= 0.6 is 11.8 Å². The first kappa shape index (κ1) is 17.3. The second kappa shape index (κ2) is 8.03. The van der Waals surface area contributed by atoms with Gasteiger partial charge in [0.25, 0.3) is 0 Å². The van der Waals surface area contributed by atoms with Gasteiger partial charge in [-0.25, -0.2) is 4.79 Å². The normalized spacial score (nSPS) is 18.8. The van der Waals surface area contributed by atoms with Crippen LogP contribution in [-0.4, -0.2) is 18.2 Å². The Balaban J connectivity index is 1.85. The Morgan fingerprint density at radius 2 is 1.76 bits per heavy atom. The SMILES string of the molecule is CN=C1NC(C)=C(C(=O)OCc2ccccc2)[C@H](c2ccccc2)S1. The topological polar surface area (TPSA) is 50.7 Å². The van der Waals surface area contributed by atoms with Gasteiger partial charge in [0.05, 0.1) is 10.8 Å². The Labute approximate surface area is 152 Å². The molecule has 0 aliphatic carbocycles. The average Bonchev–Trinajstić information content (AvgIpc) is 2.67. The number of hydrogen-bond acceptors (Lipinski definition) is 4. The van der Waals surface area contributed by atoms with Gasteiger partial charge in [-0.2, -0.15) is 0 Å². The highest BCUT2D eigenvalue weighted by atomic mass is 32.2. The third-order valence-corrected chi connectivity index (χ3v) is 5.18. The van der Waals surface area contributed by atoms with Gasteiger partial charge in [-0.1, -0.05) is 72.4 Å². The molecule has 3 rings (SSSR count). The van der Waals surface area contributed by atoms with Gasteiger partial charge >= 0.3 is 5.97 Å². The zero-order valence-corrected chi connectivity index (χ0v) is 15.0. The molecule has 5 heteroatoms. The third kappa shape index (κ3) is 4.12. The lowest BCUT2D eigenvalue weighted by Crippen LogP contribution is -2.30. The number of benzene rings is 2. The minimum atomic E-state index is -0.301. The molecule has 128 valence electrons. The second-order valence-electron chi connectivity index (χ2n) is 5.66. The molecule has 0 unspecified atom stereocenters. The molecule has 0 fully saturated rings. The lowest BCUT2D eigenvalue weighted by atomic mass is 10.0. The van der Waals surface area contributed by atoms with Gasteiger partial charge in [0.15, 0.2) is 5.17 Å². The average molecular weight is 352 g/mol. The molecule has 1 aliphatic rings. The lowest BCUT2D eigenvalue weighted by Gasteiger charge is -2.27. The summed E-state index contributed by atoms with van der Waals surface area (Å²) < 4.78 is 5.57. The monoisotopic (exact) mass is 352 g/mol. The van der Waals surface area contributed by atoms with Crippen LogP contribution in [0.1, 0.15) is 23.3 Å². The Morgan fingerprint density at radius 1 is 1.12 bits per heavy atom. The largest absolute Gasteiger partial charge is 0.457 e. The number of aliphatic imine (C=N–C) groups is 1. The molecule has 1 heterocycles. The summed E-state index contributed by atoms with van der Waals surface area (Å²) in [6.45, 7) is 2.15. The van der Waals surface area contributed by atoms with Crippen molar-refractivity contribution in [3.8, 4) is 0 Å². The van der Waals surface area contributed by atoms with Crippen LogP contribution in [0.3, 0.4) is 0 Å². The molecule has 0 bridgehead atoms. The summed E-state index contributed by atoms with van der Waals surface area (Å²) in [7, 11) is 1.74. The summed E-state index contributed by atoms with van der Waals surface area (Å²) in [5, 5.41) is 3.85. The van der Waals surface area contributed by atoms with Crippen LogP contribution in [0.4, 0.5) is 0 Å². The highest BCUT2D eigenvalue weighted by Gasteiger charge is 2.32. The summed E-state index contributed by atoms with van der Waals surface area (Å²) in [4.78, 5) is 17.0. The maximum Gasteiger partial charge on any atom is 0.337 e. The predicted molar refractivity (Wildman–Crippen MR) is 102 cm³/mol. The summed E-state index contributed by atoms with van der Waals surface area (Å²) in [5.41, 5.74) is 3.45. The standard InChI is InChI=1S/C20H20N2O2S/c1-14-17(19(23)24-13-15-9-5-3-6-10-15)18(25-20(21-2)22-14)16-11-7-4-8-12-16/h3-12,18H,13H2,1-2H3,(H,21,22)/t18-/m0/s1. The number of allylic oxidation sites excluding steroid dienone is 1. The van der Waals surface area contributed by atoms with E-state index in [1.54, 1.807) is 7.05 Å². The van der Waals surface area contributed by atoms with Crippen molar-refractivity contribution in [2.75, 3.05) is 7.05 Å². The van der Waals surface area contributed by atoms with Crippen LogP contribution < -0.4 is 5.32 Å². The molecule has 1 N–H and O–H groups in total. The number of rotatable bonds is 4. The maximum atomic E-state index is 12.8. The van der Waals surface area contributed by atoms with Crippen molar-refractivity contribution in [3.63, 3.8) is 0 Å². The first-order valence-corrected chi connectivity index (χ1v) is 8.94. The van der Waals surface area contributed by atoms with Crippen molar-refractivity contribution in [2.45, 2.75) is 18.8 Å². The van der Waals surface area contributed by atoms with Crippen LogP contribution in [0.2, 0.25) is 0 Å². The fourth-order valence-electron chi connectivity index (χ4n) is 2.66. The fourth-order valence-corrected chi connectivity index (χ4v) is 3.88. The van der Waals surface area contributed by atoms with Crippen molar-refractivity contribution in [3.05, 3.63) is 83.1 Å². The van der Waals surface area contributed by atoms with Crippen LogP contribution in [-0.2, 0) is 16.1 Å². The van der Waals surface area contributed by atoms with E-state index in [4.69, 9.17) is 4.74 Å². The Bertz CT molecular complexity index is 801. The molecule has 0 saturated carbocycles. The molecule has 0 radical (unpaired) electrons. The molecule has 1 aliphatic heterocycles. The quantitative estimate of drug-likeness (QED) is 0.843. The van der Waals surface area contributed by atoms with Gasteiger partial charge in [-0.05, 0) is 18.1 Å². The molecule has 1 atom stereocenters. The van der Waals surface area contributed by atoms with Crippen molar-refractivity contribution in [1.29, 1.82) is 0 Å². The van der Waals surface area contributed by atoms with Gasteiger partial charge in [-0.3, -0.25) is 4.99 Å². The van der Waals surface area contributed by atoms with Crippen molar-refractivity contribution in [2.24, 2.45) is 4.99 Å². The summed E-state index contributed by atoms with van der Waals surface area (Å²) in [6, 6.07) is 19.7. The number of ether oxygens (including phenoxy) is 1. The van der Waals surface area contributed by atoms with E-state index in [2.05, 4.69) is 10.3 Å². The lowest BCUT2D eigenvalue weighted by molar-refractivity contribution is -0.140. The summed E-state index contributed by atoms with van der Waals surface area (Å²) in [6.07, 6.45) is 0. The molecular weight excluding hydrogens is 332 g/mol. The maximum absolute atomic E-state index is 12.8. The van der Waals surface area contributed by atoms with Gasteiger partial charge in [0.1, 0.15) is 6.61 Å². The second-order valence-corrected chi connectivity index (χ2v) is 6.76. The minimum absolute atomic E-state index is 0.135. The molecule has 25 heavy (non-hydrogen) atoms. The number of amidine groups is 1. The van der Waals surface area contributed by atoms with E-state index in [9.17, 15) is 4.79 Å². The van der Waals surface area contributed by atoms with Crippen molar-refractivity contribution < 1.29 is 9.53 Å². The van der Waals surface area contributed by atoms with Crippen LogP contribution in [0, 0.1) is 0 Å². The molecule has 4 nitrogen and oxygen atoms in total. The zero-order valence-electron chi connectivity index (χ0n) is 14.2. The summed E-state index contributed by atoms with van der Waals surface area (Å²) >= 11 is 1.53. The zero-order chi connectivity index (χ0) is 17.6. The predicted octanol–water partition coefficient (Wildman–Crippen LogP) is 4.07. The van der Waals surface area contributed by atoms with Gasteiger partial charge in [0.2, 0.25) is 0 Å². The first-order valence-electron chi connectivity index (χ1n) is 8.06. The van der Waals surface area contributed by atoms with E-state index in [1.807, 2.05) is 67.6 Å². The minimum Gasteiger partial charge on any atom is -0.457 e. The van der Waals surface area contributed by atoms with Gasteiger partial charge in [-0.15, -0.1) is 0 Å². The van der Waals surface area contributed by atoms with E-state index >= 15 is 0 Å². The fraction of sp³-hybridized carbons (Fsp3) is 0.200. The van der Waals surface area contributed by atoms with Crippen molar-refractivity contribution >= 4 is 22.9 Å². The van der Waals surface area contributed by atoms with Crippen LogP contribution in [0.25, 0.3) is 0 Å². The first-order chi connectivity index (χ1) is 12.2. The summed E-state index contributed by atoms with van der Waals surface area (Å²) in [5.74, 6) is -0.301. The molecule has 0 spiro atoms. The van der Waals surface area contributed by atoms with E-state index < -0.39 is 0 Å². The highest BCUT2D eigenvalue weighted by molar-refractivity contribution is 8.14. The van der Waals surface area contributed by atoms with Crippen LogP contribution in [0.5, 0.6) is 0 Å². The van der Waals surface area contributed by atoms with Gasteiger partial charge in [0, 0.05) is 12.7 Å². The number of thioether (sulfide) groups is 1. The van der Waals surface area contributed by atoms with E-state index in [1.165, 1.54) is 11.8 Å². The number of carbonyl (C=O) groups is 1. The van der Waals surface area contributed by atoms with Crippen LogP contribution in [0.15, 0.2) is 76.9 Å². The molecule has 0 saturated heterocycles. The van der Waals surface area contributed by atoms with Crippen molar-refractivity contribution in [1.82, 2.24) is 5.32 Å². The number of esters is 1. The Kier molecular flexibility index (Phi) is 5.56. The number of nitrogens with one attached hydrogen (secondary N) is 1. The molecule has 0 aromatic heterocycles.